The summed E-state index contributed by atoms with van der Waals surface area (Å²) >= 11 is 4.95. The van der Waals surface area contributed by atoms with Crippen LogP contribution in [0.1, 0.15) is 10.8 Å². The number of rotatable bonds is 5. The van der Waals surface area contributed by atoms with E-state index in [2.05, 4.69) is 21.2 Å². The zero-order chi connectivity index (χ0) is 17.6. The first-order valence-electron chi connectivity index (χ1n) is 7.76. The molecular weight excluding hydrogens is 396 g/mol. The summed E-state index contributed by atoms with van der Waals surface area (Å²) in [5.41, 5.74) is 8.25. The molecule has 0 saturated carbocycles. The SMILES string of the molecule is Nc1cccc(SC(C(=O)Nc2ccccc2Br)c2ccccc2)c1. The van der Waals surface area contributed by atoms with Gasteiger partial charge in [0.1, 0.15) is 5.25 Å². The molecule has 0 radical (unpaired) electrons. The number of nitrogens with two attached hydrogens (primary N) is 1. The minimum atomic E-state index is -0.380. The van der Waals surface area contributed by atoms with Crippen molar-refractivity contribution in [3.05, 3.63) is 88.9 Å². The Bertz CT molecular complexity index is 870. The molecule has 3 aromatic carbocycles. The van der Waals surface area contributed by atoms with Crippen LogP contribution >= 0.6 is 27.7 Å². The zero-order valence-electron chi connectivity index (χ0n) is 13.4. The van der Waals surface area contributed by atoms with E-state index in [1.807, 2.05) is 78.9 Å². The van der Waals surface area contributed by atoms with Crippen LogP contribution in [0.4, 0.5) is 11.4 Å². The third-order valence-corrected chi connectivity index (χ3v) is 5.52. The van der Waals surface area contributed by atoms with Crippen LogP contribution in [-0.2, 0) is 4.79 Å². The quantitative estimate of drug-likeness (QED) is 0.429. The van der Waals surface area contributed by atoms with Crippen LogP contribution < -0.4 is 11.1 Å². The number of hydrogen-bond acceptors (Lipinski definition) is 3. The second kappa shape index (κ2) is 8.23. The molecule has 3 aromatic rings. The van der Waals surface area contributed by atoms with Crippen molar-refractivity contribution in [1.29, 1.82) is 0 Å². The first kappa shape index (κ1) is 17.6. The summed E-state index contributed by atoms with van der Waals surface area (Å²) in [4.78, 5) is 13.9. The molecule has 0 aliphatic carbocycles. The van der Waals surface area contributed by atoms with Crippen LogP contribution in [-0.4, -0.2) is 5.91 Å². The number of halogens is 1. The molecule has 1 atom stereocenters. The van der Waals surface area contributed by atoms with Crippen LogP contribution in [0.15, 0.2) is 88.2 Å². The Balaban J connectivity index is 1.88. The Morgan fingerprint density at radius 3 is 2.40 bits per heavy atom. The molecule has 0 spiro atoms. The average Bonchev–Trinajstić information content (AvgIpc) is 2.62. The predicted octanol–water partition coefficient (Wildman–Crippen LogP) is 5.50. The van der Waals surface area contributed by atoms with Crippen molar-refractivity contribution in [2.45, 2.75) is 10.1 Å². The molecule has 0 aromatic heterocycles. The Kier molecular flexibility index (Phi) is 5.79. The monoisotopic (exact) mass is 412 g/mol. The minimum absolute atomic E-state index is 0.0782. The Morgan fingerprint density at radius 2 is 1.68 bits per heavy atom. The lowest BCUT2D eigenvalue weighted by molar-refractivity contribution is -0.115. The molecule has 3 nitrogen and oxygen atoms in total. The summed E-state index contributed by atoms with van der Waals surface area (Å²) < 4.78 is 0.851. The zero-order valence-corrected chi connectivity index (χ0v) is 15.8. The maximum atomic E-state index is 13.0. The molecule has 0 saturated heterocycles. The molecule has 1 unspecified atom stereocenters. The van der Waals surface area contributed by atoms with Crippen molar-refractivity contribution in [2.75, 3.05) is 11.1 Å². The van der Waals surface area contributed by atoms with Gasteiger partial charge in [-0.25, -0.2) is 0 Å². The molecule has 0 heterocycles. The van der Waals surface area contributed by atoms with Gasteiger partial charge in [0.05, 0.1) is 5.69 Å². The molecule has 0 fully saturated rings. The largest absolute Gasteiger partial charge is 0.399 e. The number of anilines is 2. The molecule has 0 bridgehead atoms. The van der Waals surface area contributed by atoms with E-state index in [1.54, 1.807) is 0 Å². The molecule has 126 valence electrons. The molecule has 0 aliphatic rings. The number of amides is 1. The first-order chi connectivity index (χ1) is 12.1. The van der Waals surface area contributed by atoms with E-state index >= 15 is 0 Å². The summed E-state index contributed by atoms with van der Waals surface area (Å²) in [6, 6.07) is 24.9. The topological polar surface area (TPSA) is 55.1 Å². The molecule has 5 heteroatoms. The summed E-state index contributed by atoms with van der Waals surface area (Å²) in [6.45, 7) is 0. The van der Waals surface area contributed by atoms with Crippen molar-refractivity contribution in [2.24, 2.45) is 0 Å². The van der Waals surface area contributed by atoms with Gasteiger partial charge in [0.15, 0.2) is 0 Å². The van der Waals surface area contributed by atoms with E-state index in [-0.39, 0.29) is 11.2 Å². The number of benzene rings is 3. The summed E-state index contributed by atoms with van der Waals surface area (Å²) in [7, 11) is 0. The number of thioether (sulfide) groups is 1. The highest BCUT2D eigenvalue weighted by Gasteiger charge is 2.22. The fourth-order valence-corrected chi connectivity index (χ4v) is 3.86. The Morgan fingerprint density at radius 1 is 0.960 bits per heavy atom. The van der Waals surface area contributed by atoms with E-state index in [9.17, 15) is 4.79 Å². The normalized spacial score (nSPS) is 11.7. The molecule has 3 N–H and O–H groups in total. The number of carbonyl (C=O) groups excluding carboxylic acids is 1. The van der Waals surface area contributed by atoms with Gasteiger partial charge in [-0.3, -0.25) is 4.79 Å². The van der Waals surface area contributed by atoms with Gasteiger partial charge in [0.25, 0.3) is 0 Å². The van der Waals surface area contributed by atoms with E-state index in [0.717, 1.165) is 20.6 Å². The Labute approximate surface area is 159 Å². The number of hydrogen-bond donors (Lipinski definition) is 2. The fourth-order valence-electron chi connectivity index (χ4n) is 2.39. The predicted molar refractivity (Wildman–Crippen MR) is 109 cm³/mol. The van der Waals surface area contributed by atoms with Crippen molar-refractivity contribution < 1.29 is 4.79 Å². The molecule has 0 aliphatic heterocycles. The summed E-state index contributed by atoms with van der Waals surface area (Å²) in [5, 5.41) is 2.63. The molecule has 3 rings (SSSR count). The van der Waals surface area contributed by atoms with Crippen molar-refractivity contribution in [3.63, 3.8) is 0 Å². The first-order valence-corrected chi connectivity index (χ1v) is 9.43. The highest BCUT2D eigenvalue weighted by molar-refractivity contribution is 9.10. The highest BCUT2D eigenvalue weighted by Crippen LogP contribution is 2.37. The molecule has 1 amide bonds. The van der Waals surface area contributed by atoms with Gasteiger partial charge < -0.3 is 11.1 Å². The summed E-state index contributed by atoms with van der Waals surface area (Å²) in [5.74, 6) is -0.0782. The van der Waals surface area contributed by atoms with Crippen LogP contribution in [0, 0.1) is 0 Å². The van der Waals surface area contributed by atoms with Crippen LogP contribution in [0.3, 0.4) is 0 Å². The smallest absolute Gasteiger partial charge is 0.242 e. The third-order valence-electron chi connectivity index (χ3n) is 3.58. The highest BCUT2D eigenvalue weighted by atomic mass is 79.9. The van der Waals surface area contributed by atoms with Gasteiger partial charge in [0.2, 0.25) is 5.91 Å². The van der Waals surface area contributed by atoms with Crippen molar-refractivity contribution in [1.82, 2.24) is 0 Å². The maximum Gasteiger partial charge on any atom is 0.242 e. The fraction of sp³-hybridized carbons (Fsp3) is 0.0500. The second-order valence-corrected chi connectivity index (χ2v) is 7.48. The van der Waals surface area contributed by atoms with E-state index in [4.69, 9.17) is 5.73 Å². The van der Waals surface area contributed by atoms with Crippen LogP contribution in [0.5, 0.6) is 0 Å². The minimum Gasteiger partial charge on any atom is -0.399 e. The molecular formula is C20H17BrN2OS. The third kappa shape index (κ3) is 4.65. The number of nitrogen functional groups attached to an aromatic ring is 1. The number of para-hydroxylation sites is 1. The van der Waals surface area contributed by atoms with E-state index < -0.39 is 0 Å². The van der Waals surface area contributed by atoms with Gasteiger partial charge in [-0.1, -0.05) is 48.5 Å². The van der Waals surface area contributed by atoms with Gasteiger partial charge in [-0.2, -0.15) is 0 Å². The maximum absolute atomic E-state index is 13.0. The van der Waals surface area contributed by atoms with Crippen LogP contribution in [0.2, 0.25) is 0 Å². The van der Waals surface area contributed by atoms with Gasteiger partial charge in [-0.15, -0.1) is 11.8 Å². The number of carbonyl (C=O) groups is 1. The van der Waals surface area contributed by atoms with Crippen molar-refractivity contribution in [3.8, 4) is 0 Å². The van der Waals surface area contributed by atoms with E-state index in [0.29, 0.717) is 5.69 Å². The lowest BCUT2D eigenvalue weighted by atomic mass is 10.1. The Hall–Kier alpha value is -2.24. The van der Waals surface area contributed by atoms with Crippen LogP contribution in [0.25, 0.3) is 0 Å². The standard InChI is InChI=1S/C20H17BrN2OS/c21-17-11-4-5-12-18(17)23-20(24)19(14-7-2-1-3-8-14)25-16-10-6-9-15(22)13-16/h1-13,19H,22H2,(H,23,24). The summed E-state index contributed by atoms with van der Waals surface area (Å²) in [6.07, 6.45) is 0. The second-order valence-electron chi connectivity index (χ2n) is 5.45. The van der Waals surface area contributed by atoms with Gasteiger partial charge in [-0.05, 0) is 51.8 Å². The lowest BCUT2D eigenvalue weighted by Gasteiger charge is -2.18. The van der Waals surface area contributed by atoms with Gasteiger partial charge in [0, 0.05) is 15.1 Å². The van der Waals surface area contributed by atoms with E-state index in [1.165, 1.54) is 11.8 Å². The number of nitrogens with one attached hydrogen (secondary N) is 1. The molecule has 25 heavy (non-hydrogen) atoms. The van der Waals surface area contributed by atoms with Crippen molar-refractivity contribution >= 4 is 45.0 Å². The van der Waals surface area contributed by atoms with Gasteiger partial charge >= 0.3 is 0 Å². The average molecular weight is 413 g/mol. The lowest BCUT2D eigenvalue weighted by Crippen LogP contribution is -2.19.